The second-order valence-corrected chi connectivity index (χ2v) is 8.17. The van der Waals surface area contributed by atoms with E-state index in [1.165, 1.54) is 12.8 Å². The Bertz CT molecular complexity index is 926. The van der Waals surface area contributed by atoms with E-state index in [4.69, 9.17) is 9.47 Å². The second-order valence-electron chi connectivity index (χ2n) is 8.17. The Morgan fingerprint density at radius 2 is 1.73 bits per heavy atom. The molecule has 0 radical (unpaired) electrons. The first-order valence-corrected chi connectivity index (χ1v) is 11.1. The van der Waals surface area contributed by atoms with Crippen LogP contribution in [-0.4, -0.2) is 51.1 Å². The molecular weight excluding hydrogens is 531 g/mol. The lowest BCUT2D eigenvalue weighted by Crippen LogP contribution is -2.36. The number of rotatable bonds is 8. The SMILES string of the molecule is CN=C(NCc1ccc(C(=O)N(C)C)cc1)NCc1ccc(OC)cc1OC1CCCC1.I. The smallest absolute Gasteiger partial charge is 0.253 e. The summed E-state index contributed by atoms with van der Waals surface area (Å²) in [6.45, 7) is 1.19. The molecule has 1 saturated carbocycles. The Morgan fingerprint density at radius 1 is 1.06 bits per heavy atom. The van der Waals surface area contributed by atoms with E-state index in [0.717, 1.165) is 35.5 Å². The molecule has 2 aromatic carbocycles. The van der Waals surface area contributed by atoms with Crippen LogP contribution in [0.4, 0.5) is 0 Å². The Kier molecular flexibility index (Phi) is 10.8. The summed E-state index contributed by atoms with van der Waals surface area (Å²) in [6, 6.07) is 13.5. The van der Waals surface area contributed by atoms with Gasteiger partial charge in [-0.25, -0.2) is 0 Å². The third kappa shape index (κ3) is 7.80. The molecule has 8 heteroatoms. The van der Waals surface area contributed by atoms with Gasteiger partial charge in [-0.05, 0) is 55.5 Å². The highest BCUT2D eigenvalue weighted by molar-refractivity contribution is 14.0. The van der Waals surface area contributed by atoms with Crippen molar-refractivity contribution in [2.75, 3.05) is 28.3 Å². The van der Waals surface area contributed by atoms with E-state index in [-0.39, 0.29) is 36.0 Å². The minimum absolute atomic E-state index is 0. The van der Waals surface area contributed by atoms with Crippen molar-refractivity contribution in [3.05, 3.63) is 59.2 Å². The highest BCUT2D eigenvalue weighted by Crippen LogP contribution is 2.30. The Balaban J connectivity index is 0.00000385. The average Bonchev–Trinajstić information content (AvgIpc) is 3.32. The van der Waals surface area contributed by atoms with E-state index >= 15 is 0 Å². The fourth-order valence-corrected chi connectivity index (χ4v) is 3.71. The Morgan fingerprint density at radius 3 is 2.33 bits per heavy atom. The maximum absolute atomic E-state index is 12.0. The Hall–Kier alpha value is -2.49. The summed E-state index contributed by atoms with van der Waals surface area (Å²) in [7, 11) is 6.92. The van der Waals surface area contributed by atoms with Crippen LogP contribution < -0.4 is 20.1 Å². The number of amides is 1. The van der Waals surface area contributed by atoms with E-state index in [0.29, 0.717) is 24.6 Å². The lowest BCUT2D eigenvalue weighted by atomic mass is 10.1. The van der Waals surface area contributed by atoms with Crippen LogP contribution in [0.5, 0.6) is 11.5 Å². The first kappa shape index (κ1) is 26.8. The molecule has 0 aliphatic heterocycles. The van der Waals surface area contributed by atoms with Gasteiger partial charge in [-0.1, -0.05) is 12.1 Å². The molecule has 0 saturated heterocycles. The minimum Gasteiger partial charge on any atom is -0.497 e. The maximum atomic E-state index is 12.0. The summed E-state index contributed by atoms with van der Waals surface area (Å²) in [5.74, 6) is 2.35. The van der Waals surface area contributed by atoms with Gasteiger partial charge in [-0.15, -0.1) is 24.0 Å². The molecule has 1 fully saturated rings. The van der Waals surface area contributed by atoms with Gasteiger partial charge in [0.15, 0.2) is 5.96 Å². The summed E-state index contributed by atoms with van der Waals surface area (Å²) >= 11 is 0. The zero-order valence-corrected chi connectivity index (χ0v) is 22.2. The highest BCUT2D eigenvalue weighted by atomic mass is 127. The molecule has 0 atom stereocenters. The van der Waals surface area contributed by atoms with Gasteiger partial charge in [-0.2, -0.15) is 0 Å². The average molecular weight is 566 g/mol. The molecule has 180 valence electrons. The summed E-state index contributed by atoms with van der Waals surface area (Å²) in [5.41, 5.74) is 2.81. The van der Waals surface area contributed by atoms with Crippen molar-refractivity contribution in [3.8, 4) is 11.5 Å². The number of halogens is 1. The summed E-state index contributed by atoms with van der Waals surface area (Å²) in [5, 5.41) is 6.68. The molecule has 0 unspecified atom stereocenters. The van der Waals surface area contributed by atoms with Gasteiger partial charge in [0.1, 0.15) is 11.5 Å². The van der Waals surface area contributed by atoms with E-state index in [9.17, 15) is 4.79 Å². The molecular formula is C25H35IN4O3. The topological polar surface area (TPSA) is 75.2 Å². The molecule has 1 aliphatic carbocycles. The third-order valence-electron chi connectivity index (χ3n) is 5.61. The number of benzene rings is 2. The minimum atomic E-state index is -0.00268. The van der Waals surface area contributed by atoms with Crippen LogP contribution in [0.3, 0.4) is 0 Å². The predicted octanol–water partition coefficient (Wildman–Crippen LogP) is 4.20. The fourth-order valence-electron chi connectivity index (χ4n) is 3.71. The van der Waals surface area contributed by atoms with Crippen LogP contribution in [0.2, 0.25) is 0 Å². The third-order valence-corrected chi connectivity index (χ3v) is 5.61. The van der Waals surface area contributed by atoms with Gasteiger partial charge in [0.2, 0.25) is 0 Å². The van der Waals surface area contributed by atoms with Crippen molar-refractivity contribution in [1.29, 1.82) is 0 Å². The van der Waals surface area contributed by atoms with Crippen LogP contribution >= 0.6 is 24.0 Å². The van der Waals surface area contributed by atoms with Crippen molar-refractivity contribution in [2.24, 2.45) is 4.99 Å². The molecule has 1 amide bonds. The molecule has 1 aliphatic rings. The van der Waals surface area contributed by atoms with Gasteiger partial charge in [0.25, 0.3) is 5.91 Å². The number of hydrogen-bond donors (Lipinski definition) is 2. The van der Waals surface area contributed by atoms with Crippen LogP contribution in [0, 0.1) is 0 Å². The quantitative estimate of drug-likeness (QED) is 0.285. The number of carbonyl (C=O) groups excluding carboxylic acids is 1. The van der Waals surface area contributed by atoms with Gasteiger partial charge >= 0.3 is 0 Å². The molecule has 2 N–H and O–H groups in total. The van der Waals surface area contributed by atoms with Crippen molar-refractivity contribution in [1.82, 2.24) is 15.5 Å². The van der Waals surface area contributed by atoms with Crippen LogP contribution in [-0.2, 0) is 13.1 Å². The van der Waals surface area contributed by atoms with E-state index < -0.39 is 0 Å². The van der Waals surface area contributed by atoms with Crippen molar-refractivity contribution < 1.29 is 14.3 Å². The van der Waals surface area contributed by atoms with Gasteiger partial charge in [0, 0.05) is 51.4 Å². The summed E-state index contributed by atoms with van der Waals surface area (Å²) in [6.07, 6.45) is 4.94. The van der Waals surface area contributed by atoms with Crippen molar-refractivity contribution in [3.63, 3.8) is 0 Å². The number of methoxy groups -OCH3 is 1. The number of carbonyl (C=O) groups is 1. The van der Waals surface area contributed by atoms with Gasteiger partial charge in [0.05, 0.1) is 13.2 Å². The van der Waals surface area contributed by atoms with Crippen molar-refractivity contribution in [2.45, 2.75) is 44.9 Å². The van der Waals surface area contributed by atoms with E-state index in [1.807, 2.05) is 42.5 Å². The number of guanidine groups is 1. The normalized spacial score (nSPS) is 13.8. The lowest BCUT2D eigenvalue weighted by molar-refractivity contribution is 0.0827. The number of nitrogens with one attached hydrogen (secondary N) is 2. The first-order valence-electron chi connectivity index (χ1n) is 11.1. The molecule has 3 rings (SSSR count). The first-order chi connectivity index (χ1) is 15.5. The predicted molar refractivity (Wildman–Crippen MR) is 143 cm³/mol. The fraction of sp³-hybridized carbons (Fsp3) is 0.440. The molecule has 0 aromatic heterocycles. The number of ether oxygens (including phenoxy) is 2. The maximum Gasteiger partial charge on any atom is 0.253 e. The van der Waals surface area contributed by atoms with Gasteiger partial charge < -0.3 is 25.0 Å². The molecule has 0 bridgehead atoms. The summed E-state index contributed by atoms with van der Waals surface area (Å²) < 4.78 is 11.7. The molecule has 7 nitrogen and oxygen atoms in total. The lowest BCUT2D eigenvalue weighted by Gasteiger charge is -2.19. The molecule has 0 heterocycles. The zero-order chi connectivity index (χ0) is 22.9. The molecule has 0 spiro atoms. The molecule has 2 aromatic rings. The van der Waals surface area contributed by atoms with Crippen LogP contribution in [0.15, 0.2) is 47.5 Å². The zero-order valence-electron chi connectivity index (χ0n) is 19.9. The Labute approximate surface area is 214 Å². The second kappa shape index (κ2) is 13.3. The monoisotopic (exact) mass is 566 g/mol. The summed E-state index contributed by atoms with van der Waals surface area (Å²) in [4.78, 5) is 17.9. The number of aliphatic imine (C=N–C) groups is 1. The van der Waals surface area contributed by atoms with E-state index in [1.54, 1.807) is 33.2 Å². The van der Waals surface area contributed by atoms with E-state index in [2.05, 4.69) is 15.6 Å². The van der Waals surface area contributed by atoms with Gasteiger partial charge in [-0.3, -0.25) is 9.79 Å². The van der Waals surface area contributed by atoms with Crippen molar-refractivity contribution >= 4 is 35.8 Å². The standard InChI is InChI=1S/C25H34N4O3.HI/c1-26-25(27-16-18-9-11-19(12-10-18)24(30)29(2)3)28-17-20-13-14-22(31-4)15-23(20)32-21-7-5-6-8-21;/h9-15,21H,5-8,16-17H2,1-4H3,(H2,26,27,28);1H. The number of nitrogens with zero attached hydrogens (tertiary/aromatic N) is 2. The molecule has 33 heavy (non-hydrogen) atoms. The highest BCUT2D eigenvalue weighted by Gasteiger charge is 2.18. The van der Waals surface area contributed by atoms with Crippen LogP contribution in [0.1, 0.15) is 47.2 Å². The largest absolute Gasteiger partial charge is 0.497 e. The van der Waals surface area contributed by atoms with Crippen LogP contribution in [0.25, 0.3) is 0 Å². The number of hydrogen-bond acceptors (Lipinski definition) is 4.